The Morgan fingerprint density at radius 1 is 1.11 bits per heavy atom. The summed E-state index contributed by atoms with van der Waals surface area (Å²) in [4.78, 5) is 26.2. The van der Waals surface area contributed by atoms with Gasteiger partial charge in [-0.3, -0.25) is 14.5 Å². The van der Waals surface area contributed by atoms with Gasteiger partial charge in [0.05, 0.1) is 18.6 Å². The Hall–Kier alpha value is -2.50. The summed E-state index contributed by atoms with van der Waals surface area (Å²) in [6.45, 7) is 1.77. The minimum absolute atomic E-state index is 0.0247. The molecular weight excluding hydrogens is 340 g/mol. The van der Waals surface area contributed by atoms with E-state index in [4.69, 9.17) is 0 Å². The zero-order valence-corrected chi connectivity index (χ0v) is 15.3. The van der Waals surface area contributed by atoms with Gasteiger partial charge in [0.15, 0.2) is 5.78 Å². The summed E-state index contributed by atoms with van der Waals surface area (Å²) in [5.41, 5.74) is 2.80. The number of hydrogen-bond acceptors (Lipinski definition) is 4. The third-order valence-electron chi connectivity index (χ3n) is 5.58. The molecule has 0 radical (unpaired) electrons. The number of piperidine rings is 1. The average Bonchev–Trinajstić information content (AvgIpc) is 3.03. The molecule has 2 aliphatic rings. The van der Waals surface area contributed by atoms with Crippen LogP contribution in [0, 0.1) is 0 Å². The van der Waals surface area contributed by atoms with Crippen molar-refractivity contribution in [3.63, 3.8) is 0 Å². The maximum atomic E-state index is 12.6. The molecule has 2 aromatic carbocycles. The number of benzene rings is 2. The summed E-state index contributed by atoms with van der Waals surface area (Å²) in [6.07, 6.45) is 2.32. The Morgan fingerprint density at radius 2 is 1.85 bits per heavy atom. The van der Waals surface area contributed by atoms with E-state index >= 15 is 0 Å². The van der Waals surface area contributed by atoms with E-state index in [1.165, 1.54) is 0 Å². The lowest BCUT2D eigenvalue weighted by Crippen LogP contribution is -2.47. The molecule has 2 heterocycles. The molecule has 1 saturated heterocycles. The highest BCUT2D eigenvalue weighted by Gasteiger charge is 2.33. The molecule has 0 bridgehead atoms. The molecule has 0 saturated carbocycles. The number of Topliss-reactive ketones (excluding diaryl/α,β-unsaturated/α-hetero) is 1. The van der Waals surface area contributed by atoms with Gasteiger partial charge in [0.25, 0.3) is 0 Å². The van der Waals surface area contributed by atoms with Gasteiger partial charge in [-0.15, -0.1) is 0 Å². The third-order valence-corrected chi connectivity index (χ3v) is 5.58. The molecule has 140 valence electrons. The van der Waals surface area contributed by atoms with E-state index in [0.717, 1.165) is 16.8 Å². The smallest absolute Gasteiger partial charge is 0.228 e. The van der Waals surface area contributed by atoms with Gasteiger partial charge in [-0.1, -0.05) is 30.3 Å². The largest absolute Gasteiger partial charge is 0.389 e. The van der Waals surface area contributed by atoms with E-state index in [-0.39, 0.29) is 11.7 Å². The minimum Gasteiger partial charge on any atom is -0.389 e. The number of hydrogen-bond donors (Lipinski definition) is 2. The van der Waals surface area contributed by atoms with Crippen LogP contribution in [0.25, 0.3) is 0 Å². The predicted octanol–water partition coefficient (Wildman–Crippen LogP) is 2.43. The molecule has 2 N–H and O–H groups in total. The van der Waals surface area contributed by atoms with E-state index in [1.54, 1.807) is 6.07 Å². The monoisotopic (exact) mass is 364 g/mol. The molecule has 1 amide bonds. The molecule has 0 spiro atoms. The van der Waals surface area contributed by atoms with Crippen molar-refractivity contribution in [2.45, 2.75) is 31.3 Å². The van der Waals surface area contributed by atoms with Crippen LogP contribution in [0.1, 0.15) is 34.3 Å². The molecule has 27 heavy (non-hydrogen) atoms. The lowest BCUT2D eigenvalue weighted by Gasteiger charge is -2.38. The Bertz CT molecular complexity index is 855. The summed E-state index contributed by atoms with van der Waals surface area (Å²) in [5, 5.41) is 13.7. The molecule has 0 unspecified atom stereocenters. The first kappa shape index (κ1) is 17.9. The van der Waals surface area contributed by atoms with Crippen LogP contribution >= 0.6 is 0 Å². The van der Waals surface area contributed by atoms with Crippen molar-refractivity contribution in [1.29, 1.82) is 0 Å². The highest BCUT2D eigenvalue weighted by atomic mass is 16.3. The standard InChI is InChI=1S/C22H24N2O3/c25-20(17-6-7-19-18(12-17)13-21(26)23-19)15-24-10-8-22(27,9-11-24)14-16-4-2-1-3-5-16/h1-7,12,27H,8-11,13-15H2,(H,23,26). The van der Waals surface area contributed by atoms with Crippen molar-refractivity contribution < 1.29 is 14.7 Å². The summed E-state index contributed by atoms with van der Waals surface area (Å²) in [6, 6.07) is 15.5. The van der Waals surface area contributed by atoms with Gasteiger partial charge in [0.2, 0.25) is 5.91 Å². The Kier molecular flexibility index (Phi) is 4.81. The van der Waals surface area contributed by atoms with Crippen LogP contribution in [-0.2, 0) is 17.6 Å². The molecule has 2 aromatic rings. The van der Waals surface area contributed by atoms with Crippen LogP contribution < -0.4 is 5.32 Å². The van der Waals surface area contributed by atoms with E-state index in [9.17, 15) is 14.7 Å². The number of carbonyl (C=O) groups is 2. The van der Waals surface area contributed by atoms with Gasteiger partial charge in [-0.05, 0) is 42.2 Å². The average molecular weight is 364 g/mol. The first-order valence-electron chi connectivity index (χ1n) is 9.45. The third kappa shape index (κ3) is 4.10. The van der Waals surface area contributed by atoms with Crippen LogP contribution in [0.5, 0.6) is 0 Å². The SMILES string of the molecule is O=C1Cc2cc(C(=O)CN3CCC(O)(Cc4ccccc4)CC3)ccc2N1. The summed E-state index contributed by atoms with van der Waals surface area (Å²) in [7, 11) is 0. The summed E-state index contributed by atoms with van der Waals surface area (Å²) in [5.74, 6) is 0.0361. The number of anilines is 1. The highest BCUT2D eigenvalue weighted by Crippen LogP contribution is 2.27. The molecule has 2 aliphatic heterocycles. The van der Waals surface area contributed by atoms with Crippen LogP contribution in [0.2, 0.25) is 0 Å². The van der Waals surface area contributed by atoms with Crippen LogP contribution in [0.15, 0.2) is 48.5 Å². The number of fused-ring (bicyclic) bond motifs is 1. The van der Waals surface area contributed by atoms with Gasteiger partial charge in [-0.25, -0.2) is 0 Å². The zero-order valence-electron chi connectivity index (χ0n) is 15.3. The second-order valence-electron chi connectivity index (χ2n) is 7.68. The van der Waals surface area contributed by atoms with Crippen molar-refractivity contribution in [3.8, 4) is 0 Å². The fraction of sp³-hybridized carbons (Fsp3) is 0.364. The first-order valence-corrected chi connectivity index (χ1v) is 9.45. The number of amides is 1. The first-order chi connectivity index (χ1) is 13.0. The van der Waals surface area contributed by atoms with E-state index in [1.807, 2.05) is 42.5 Å². The number of carbonyl (C=O) groups excluding carboxylic acids is 2. The lowest BCUT2D eigenvalue weighted by atomic mass is 9.85. The van der Waals surface area contributed by atoms with E-state index < -0.39 is 5.60 Å². The second-order valence-corrected chi connectivity index (χ2v) is 7.68. The summed E-state index contributed by atoms with van der Waals surface area (Å²) < 4.78 is 0. The lowest BCUT2D eigenvalue weighted by molar-refractivity contribution is -0.115. The number of nitrogens with zero attached hydrogens (tertiary/aromatic N) is 1. The van der Waals surface area contributed by atoms with Crippen molar-refractivity contribution in [1.82, 2.24) is 4.90 Å². The quantitative estimate of drug-likeness (QED) is 0.800. The van der Waals surface area contributed by atoms with Crippen molar-refractivity contribution in [2.75, 3.05) is 25.0 Å². The van der Waals surface area contributed by atoms with Crippen molar-refractivity contribution in [3.05, 3.63) is 65.2 Å². The molecule has 5 nitrogen and oxygen atoms in total. The fourth-order valence-electron chi connectivity index (χ4n) is 3.98. The highest BCUT2D eigenvalue weighted by molar-refractivity contribution is 6.02. The second kappa shape index (κ2) is 7.25. The van der Waals surface area contributed by atoms with E-state index in [2.05, 4.69) is 10.2 Å². The number of rotatable bonds is 5. The molecule has 4 rings (SSSR count). The van der Waals surface area contributed by atoms with Crippen LogP contribution in [0.3, 0.4) is 0 Å². The number of nitrogens with one attached hydrogen (secondary N) is 1. The summed E-state index contributed by atoms with van der Waals surface area (Å²) >= 11 is 0. The minimum atomic E-state index is -0.694. The molecule has 0 aliphatic carbocycles. The predicted molar refractivity (Wildman–Crippen MR) is 104 cm³/mol. The van der Waals surface area contributed by atoms with E-state index in [0.29, 0.717) is 50.9 Å². The van der Waals surface area contributed by atoms with Gasteiger partial charge < -0.3 is 10.4 Å². The van der Waals surface area contributed by atoms with Gasteiger partial charge in [-0.2, -0.15) is 0 Å². The Labute approximate surface area is 159 Å². The molecular formula is C22H24N2O3. The fourth-order valence-corrected chi connectivity index (χ4v) is 3.98. The van der Waals surface area contributed by atoms with Gasteiger partial charge in [0, 0.05) is 30.8 Å². The maximum Gasteiger partial charge on any atom is 0.228 e. The maximum absolute atomic E-state index is 12.6. The Balaban J connectivity index is 1.33. The van der Waals surface area contributed by atoms with Crippen molar-refractivity contribution >= 4 is 17.4 Å². The molecule has 5 heteroatoms. The molecule has 1 fully saturated rings. The van der Waals surface area contributed by atoms with Crippen LogP contribution in [-0.4, -0.2) is 46.9 Å². The van der Waals surface area contributed by atoms with Gasteiger partial charge >= 0.3 is 0 Å². The topological polar surface area (TPSA) is 69.6 Å². The van der Waals surface area contributed by atoms with Crippen molar-refractivity contribution in [2.24, 2.45) is 0 Å². The molecule has 0 atom stereocenters. The normalized spacial score (nSPS) is 18.8. The van der Waals surface area contributed by atoms with Gasteiger partial charge in [0.1, 0.15) is 0 Å². The van der Waals surface area contributed by atoms with Crippen LogP contribution in [0.4, 0.5) is 5.69 Å². The number of ketones is 1. The zero-order chi connectivity index (χ0) is 18.9. The molecule has 0 aromatic heterocycles. The Morgan fingerprint density at radius 3 is 2.59 bits per heavy atom. The number of likely N-dealkylation sites (tertiary alicyclic amines) is 1. The number of aliphatic hydroxyl groups is 1.